The van der Waals surface area contributed by atoms with Gasteiger partial charge in [0.1, 0.15) is 12.3 Å². The van der Waals surface area contributed by atoms with Crippen LogP contribution in [-0.2, 0) is 9.59 Å². The summed E-state index contributed by atoms with van der Waals surface area (Å²) in [7, 11) is 0. The van der Waals surface area contributed by atoms with Crippen molar-refractivity contribution in [3.8, 4) is 5.75 Å². The van der Waals surface area contributed by atoms with Crippen LogP contribution in [0.5, 0.6) is 5.75 Å². The second-order valence-electron chi connectivity index (χ2n) is 12.4. The fourth-order valence-electron chi connectivity index (χ4n) is 7.59. The van der Waals surface area contributed by atoms with E-state index in [0.29, 0.717) is 5.56 Å². The van der Waals surface area contributed by atoms with Crippen LogP contribution in [0.2, 0.25) is 10.0 Å². The fourth-order valence-corrected chi connectivity index (χ4v) is 7.89. The Labute approximate surface area is 296 Å². The first-order valence-corrected chi connectivity index (χ1v) is 16.7. The number of rotatable bonds is 7. The zero-order valence-electron chi connectivity index (χ0n) is 26.2. The summed E-state index contributed by atoms with van der Waals surface area (Å²) in [6.07, 6.45) is 0. The van der Waals surface area contributed by atoms with Crippen molar-refractivity contribution < 1.29 is 28.7 Å². The third-order valence-corrected chi connectivity index (χ3v) is 10.5. The predicted molar refractivity (Wildman–Crippen MR) is 185 cm³/mol. The molecule has 3 amide bonds. The number of benzene rings is 5. The van der Waals surface area contributed by atoms with Crippen molar-refractivity contribution in [2.24, 2.45) is 11.8 Å². The molecule has 0 saturated carbocycles. The van der Waals surface area contributed by atoms with E-state index in [4.69, 9.17) is 27.9 Å². The lowest BCUT2D eigenvalue weighted by Crippen LogP contribution is -2.52. The Bertz CT molecular complexity index is 2120. The van der Waals surface area contributed by atoms with Gasteiger partial charge in [-0.1, -0.05) is 89.9 Å². The Kier molecular flexibility index (Phi) is 7.85. The van der Waals surface area contributed by atoms with E-state index in [1.165, 1.54) is 42.5 Å². The van der Waals surface area contributed by atoms with Crippen LogP contribution >= 0.6 is 23.2 Å². The summed E-state index contributed by atoms with van der Waals surface area (Å²) in [5.74, 6) is -5.11. The van der Waals surface area contributed by atoms with E-state index in [1.54, 1.807) is 30.3 Å². The molecule has 246 valence electrons. The molecule has 0 aromatic heterocycles. The maximum Gasteiger partial charge on any atom is 0.343 e. The molecular formula is C40H26Cl2N2O6. The number of nitrogens with zero attached hydrogens (tertiary/aromatic N) is 2. The molecule has 50 heavy (non-hydrogen) atoms. The Morgan fingerprint density at radius 2 is 1.10 bits per heavy atom. The van der Waals surface area contributed by atoms with Crippen molar-refractivity contribution in [1.29, 1.82) is 0 Å². The van der Waals surface area contributed by atoms with Gasteiger partial charge in [0.15, 0.2) is 5.78 Å². The average Bonchev–Trinajstić information content (AvgIpc) is 3.41. The monoisotopic (exact) mass is 700 g/mol. The summed E-state index contributed by atoms with van der Waals surface area (Å²) in [4.78, 5) is 69.7. The van der Waals surface area contributed by atoms with Gasteiger partial charge in [-0.25, -0.2) is 9.80 Å². The summed E-state index contributed by atoms with van der Waals surface area (Å²) < 4.78 is 5.44. The molecule has 2 bridgehead atoms. The number of hydrazine groups is 1. The molecule has 9 rings (SSSR count). The lowest BCUT2D eigenvalue weighted by Gasteiger charge is -2.45. The largest absolute Gasteiger partial charge is 0.423 e. The molecule has 5 aromatic carbocycles. The smallest absolute Gasteiger partial charge is 0.343 e. The number of halogens is 2. The van der Waals surface area contributed by atoms with Gasteiger partial charge in [0, 0.05) is 23.0 Å². The number of carbonyl (C=O) groups is 5. The van der Waals surface area contributed by atoms with Crippen molar-refractivity contribution in [3.63, 3.8) is 0 Å². The van der Waals surface area contributed by atoms with Gasteiger partial charge in [0.05, 0.1) is 27.4 Å². The highest BCUT2D eigenvalue weighted by Gasteiger charge is 2.63. The van der Waals surface area contributed by atoms with Crippen LogP contribution in [0.4, 0.5) is 0 Å². The molecule has 0 spiro atoms. The number of ether oxygens (including phenoxy) is 1. The standard InChI is InChI=1S/C40H26Cl2N2O6/c41-30-19-16-24(20-31(30)42)37(46)43(21-32(45)22-14-17-25(18-15-22)50-40(49)23-8-2-1-3-9-23)44-38(47)35-33-26-10-4-5-11-27(26)34(36(35)39(44)48)29-13-7-6-12-28(29)33/h1-20,33-36H,21H2/t33?,34?,35-,36+. The lowest BCUT2D eigenvalue weighted by molar-refractivity contribution is -0.154. The minimum absolute atomic E-state index is 0.0420. The molecule has 1 fully saturated rings. The number of amides is 3. The first kappa shape index (κ1) is 31.7. The third kappa shape index (κ3) is 5.11. The van der Waals surface area contributed by atoms with Gasteiger partial charge in [-0.2, -0.15) is 5.01 Å². The van der Waals surface area contributed by atoms with Crippen LogP contribution in [0.15, 0.2) is 121 Å². The second-order valence-corrected chi connectivity index (χ2v) is 13.3. The van der Waals surface area contributed by atoms with E-state index in [1.807, 2.05) is 48.5 Å². The highest BCUT2D eigenvalue weighted by atomic mass is 35.5. The number of carbonyl (C=O) groups excluding carboxylic acids is 5. The molecule has 5 aromatic rings. The van der Waals surface area contributed by atoms with Crippen molar-refractivity contribution >= 4 is 52.7 Å². The second kappa shape index (κ2) is 12.4. The first-order chi connectivity index (χ1) is 24.2. The minimum Gasteiger partial charge on any atom is -0.423 e. The summed E-state index contributed by atoms with van der Waals surface area (Å²) in [6, 6.07) is 34.2. The molecule has 4 aliphatic rings. The zero-order valence-corrected chi connectivity index (χ0v) is 27.7. The van der Waals surface area contributed by atoms with Crippen LogP contribution in [-0.4, -0.2) is 46.0 Å². The fraction of sp³-hybridized carbons (Fsp3) is 0.125. The first-order valence-electron chi connectivity index (χ1n) is 16.0. The van der Waals surface area contributed by atoms with Crippen LogP contribution in [0, 0.1) is 11.8 Å². The van der Waals surface area contributed by atoms with Gasteiger partial charge in [-0.3, -0.25) is 19.2 Å². The molecule has 0 radical (unpaired) electrons. The molecule has 3 aliphatic carbocycles. The number of ketones is 1. The van der Waals surface area contributed by atoms with E-state index >= 15 is 0 Å². The van der Waals surface area contributed by atoms with Crippen LogP contribution in [0.25, 0.3) is 0 Å². The number of Topliss-reactive ketones (excluding diaryl/α,β-unsaturated/α-hetero) is 1. The molecule has 1 aliphatic heterocycles. The highest BCUT2D eigenvalue weighted by molar-refractivity contribution is 6.42. The molecule has 0 N–H and O–H groups in total. The van der Waals surface area contributed by atoms with E-state index in [9.17, 15) is 24.0 Å². The van der Waals surface area contributed by atoms with Gasteiger partial charge in [-0.05, 0) is 76.9 Å². The topological polar surface area (TPSA) is 101 Å². The maximum absolute atomic E-state index is 14.5. The van der Waals surface area contributed by atoms with Crippen molar-refractivity contribution in [3.05, 3.63) is 170 Å². The molecule has 10 heteroatoms. The van der Waals surface area contributed by atoms with Crippen molar-refractivity contribution in [2.75, 3.05) is 6.54 Å². The van der Waals surface area contributed by atoms with E-state index in [0.717, 1.165) is 32.3 Å². The zero-order chi connectivity index (χ0) is 34.7. The van der Waals surface area contributed by atoms with Gasteiger partial charge in [0.2, 0.25) is 0 Å². The van der Waals surface area contributed by atoms with Gasteiger partial charge < -0.3 is 4.74 Å². The summed E-state index contributed by atoms with van der Waals surface area (Å²) >= 11 is 12.4. The van der Waals surface area contributed by atoms with E-state index in [-0.39, 0.29) is 26.9 Å². The van der Waals surface area contributed by atoms with Crippen LogP contribution in [0.1, 0.15) is 65.2 Å². The maximum atomic E-state index is 14.5. The molecule has 0 unspecified atom stereocenters. The van der Waals surface area contributed by atoms with Crippen molar-refractivity contribution in [1.82, 2.24) is 10.0 Å². The SMILES string of the molecule is O=C(CN(C(=O)c1ccc(Cl)c(Cl)c1)N1C(=O)[C@@H]2C3c4ccccc4C(c4ccccc43)[C@@H]2C1=O)c1ccc(OC(=O)c2ccccc2)cc1. The van der Waals surface area contributed by atoms with Crippen LogP contribution < -0.4 is 4.74 Å². The predicted octanol–water partition coefficient (Wildman–Crippen LogP) is 7.34. The minimum atomic E-state index is -0.770. The molecule has 8 nitrogen and oxygen atoms in total. The number of esters is 1. The Hall–Kier alpha value is -5.57. The van der Waals surface area contributed by atoms with Crippen molar-refractivity contribution in [2.45, 2.75) is 11.8 Å². The van der Waals surface area contributed by atoms with E-state index in [2.05, 4.69) is 0 Å². The average molecular weight is 702 g/mol. The van der Waals surface area contributed by atoms with Crippen LogP contribution in [0.3, 0.4) is 0 Å². The van der Waals surface area contributed by atoms with Gasteiger partial charge >= 0.3 is 5.97 Å². The quantitative estimate of drug-likeness (QED) is 0.0762. The van der Waals surface area contributed by atoms with Gasteiger partial charge in [0.25, 0.3) is 17.7 Å². The third-order valence-electron chi connectivity index (χ3n) is 9.76. The summed E-state index contributed by atoms with van der Waals surface area (Å²) in [5.41, 5.74) is 4.50. The molecule has 2 atom stereocenters. The Morgan fingerprint density at radius 3 is 1.62 bits per heavy atom. The number of imide groups is 1. The Balaban J connectivity index is 1.13. The number of hydrogen-bond donors (Lipinski definition) is 0. The molecule has 1 saturated heterocycles. The normalized spacial score (nSPS) is 19.8. The molecular weight excluding hydrogens is 675 g/mol. The van der Waals surface area contributed by atoms with Gasteiger partial charge in [-0.15, -0.1) is 0 Å². The number of hydrogen-bond acceptors (Lipinski definition) is 6. The Morgan fingerprint density at radius 1 is 0.600 bits per heavy atom. The lowest BCUT2D eigenvalue weighted by atomic mass is 9.55. The summed E-state index contributed by atoms with van der Waals surface area (Å²) in [5, 5.41) is 2.10. The van der Waals surface area contributed by atoms with E-state index < -0.39 is 59.7 Å². The summed E-state index contributed by atoms with van der Waals surface area (Å²) in [6.45, 7) is -0.631. The highest BCUT2D eigenvalue weighted by Crippen LogP contribution is 2.61. The molecule has 1 heterocycles.